The molecule has 0 N–H and O–H groups in total. The van der Waals surface area contributed by atoms with Crippen LogP contribution in [0.15, 0.2) is 12.1 Å². The van der Waals surface area contributed by atoms with Crippen LogP contribution in [0.1, 0.15) is 30.5 Å². The molecule has 0 atom stereocenters. The van der Waals surface area contributed by atoms with Crippen LogP contribution in [0.2, 0.25) is 0 Å². The highest BCUT2D eigenvalue weighted by Crippen LogP contribution is 2.41. The second-order valence-electron chi connectivity index (χ2n) is 5.38. The molecule has 0 unspecified atom stereocenters. The SMILES string of the molecule is COC(=O)N1c2c(C)cc(C)cc2CC1(C)C. The Morgan fingerprint density at radius 1 is 1.35 bits per heavy atom. The lowest BCUT2D eigenvalue weighted by Crippen LogP contribution is -2.45. The van der Waals surface area contributed by atoms with Gasteiger partial charge in [0.1, 0.15) is 0 Å². The Kier molecular flexibility index (Phi) is 2.64. The minimum atomic E-state index is -0.277. The molecule has 0 saturated heterocycles. The molecule has 1 aromatic rings. The van der Waals surface area contributed by atoms with Crippen LogP contribution in [-0.4, -0.2) is 18.7 Å². The van der Waals surface area contributed by atoms with Gasteiger partial charge in [0.15, 0.2) is 0 Å². The summed E-state index contributed by atoms with van der Waals surface area (Å²) in [5.74, 6) is 0. The zero-order chi connectivity index (χ0) is 12.8. The van der Waals surface area contributed by atoms with E-state index in [1.54, 1.807) is 4.90 Å². The van der Waals surface area contributed by atoms with Crippen LogP contribution in [0.5, 0.6) is 0 Å². The van der Waals surface area contributed by atoms with Crippen molar-refractivity contribution in [2.75, 3.05) is 12.0 Å². The van der Waals surface area contributed by atoms with Gasteiger partial charge in [-0.05, 0) is 45.2 Å². The van der Waals surface area contributed by atoms with Crippen LogP contribution >= 0.6 is 0 Å². The number of methoxy groups -OCH3 is 1. The number of rotatable bonds is 0. The van der Waals surface area contributed by atoms with E-state index in [4.69, 9.17) is 4.74 Å². The topological polar surface area (TPSA) is 29.5 Å². The van der Waals surface area contributed by atoms with E-state index in [-0.39, 0.29) is 11.6 Å². The Morgan fingerprint density at radius 2 is 2.00 bits per heavy atom. The average Bonchev–Trinajstić information content (AvgIpc) is 2.47. The second kappa shape index (κ2) is 3.76. The van der Waals surface area contributed by atoms with Crippen molar-refractivity contribution in [1.82, 2.24) is 0 Å². The maximum Gasteiger partial charge on any atom is 0.414 e. The number of hydrogen-bond donors (Lipinski definition) is 0. The number of nitrogens with zero attached hydrogens (tertiary/aromatic N) is 1. The lowest BCUT2D eigenvalue weighted by molar-refractivity contribution is 0.173. The number of benzene rings is 1. The van der Waals surface area contributed by atoms with Crippen molar-refractivity contribution in [2.45, 2.75) is 39.7 Å². The quantitative estimate of drug-likeness (QED) is 0.688. The summed E-state index contributed by atoms with van der Waals surface area (Å²) in [5, 5.41) is 0. The van der Waals surface area contributed by atoms with E-state index in [1.807, 2.05) is 6.92 Å². The molecule has 92 valence electrons. The van der Waals surface area contributed by atoms with Crippen LogP contribution in [0.3, 0.4) is 0 Å². The number of amides is 1. The van der Waals surface area contributed by atoms with E-state index in [1.165, 1.54) is 18.2 Å². The third kappa shape index (κ3) is 1.79. The molecule has 0 aromatic heterocycles. The van der Waals surface area contributed by atoms with E-state index in [9.17, 15) is 4.79 Å². The zero-order valence-electron chi connectivity index (χ0n) is 11.1. The van der Waals surface area contributed by atoms with Crippen molar-refractivity contribution in [3.63, 3.8) is 0 Å². The fraction of sp³-hybridized carbons (Fsp3) is 0.500. The number of carbonyl (C=O) groups is 1. The van der Waals surface area contributed by atoms with E-state index in [0.29, 0.717) is 0 Å². The molecule has 0 bridgehead atoms. The number of carbonyl (C=O) groups excluding carboxylic acids is 1. The van der Waals surface area contributed by atoms with Gasteiger partial charge in [0.2, 0.25) is 0 Å². The van der Waals surface area contributed by atoms with Gasteiger partial charge in [0, 0.05) is 5.54 Å². The maximum atomic E-state index is 11.9. The highest BCUT2D eigenvalue weighted by atomic mass is 16.5. The van der Waals surface area contributed by atoms with Crippen LogP contribution < -0.4 is 4.90 Å². The first-order valence-corrected chi connectivity index (χ1v) is 5.85. The fourth-order valence-electron chi connectivity index (χ4n) is 2.78. The van der Waals surface area contributed by atoms with Crippen LogP contribution in [-0.2, 0) is 11.2 Å². The van der Waals surface area contributed by atoms with Crippen LogP contribution in [0.25, 0.3) is 0 Å². The average molecular weight is 233 g/mol. The summed E-state index contributed by atoms with van der Waals surface area (Å²) in [6.45, 7) is 8.27. The number of ether oxygens (including phenoxy) is 1. The number of anilines is 1. The predicted molar refractivity (Wildman–Crippen MR) is 68.6 cm³/mol. The first kappa shape index (κ1) is 12.0. The Morgan fingerprint density at radius 3 is 2.59 bits per heavy atom. The molecule has 0 spiro atoms. The summed E-state index contributed by atoms with van der Waals surface area (Å²) in [5.41, 5.74) is 4.42. The molecule has 0 saturated carbocycles. The van der Waals surface area contributed by atoms with Gasteiger partial charge in [-0.1, -0.05) is 17.7 Å². The third-order valence-electron chi connectivity index (χ3n) is 3.33. The first-order valence-electron chi connectivity index (χ1n) is 5.85. The van der Waals surface area contributed by atoms with Gasteiger partial charge < -0.3 is 4.74 Å². The van der Waals surface area contributed by atoms with Gasteiger partial charge in [0.05, 0.1) is 12.8 Å². The molecule has 0 radical (unpaired) electrons. The summed E-state index contributed by atoms with van der Waals surface area (Å²) in [6, 6.07) is 4.27. The molecular weight excluding hydrogens is 214 g/mol. The largest absolute Gasteiger partial charge is 0.452 e. The van der Waals surface area contributed by atoms with Crippen molar-refractivity contribution in [3.8, 4) is 0 Å². The molecule has 1 aliphatic rings. The number of fused-ring (bicyclic) bond motifs is 1. The Balaban J connectivity index is 2.60. The van der Waals surface area contributed by atoms with E-state index in [2.05, 4.69) is 32.9 Å². The highest BCUT2D eigenvalue weighted by molar-refractivity contribution is 5.93. The smallest absolute Gasteiger partial charge is 0.414 e. The Bertz CT molecular complexity index is 477. The molecule has 1 heterocycles. The standard InChI is InChI=1S/C14H19NO2/c1-9-6-10(2)12-11(7-9)8-14(3,4)15(12)13(16)17-5/h6-7H,8H2,1-5H3. The lowest BCUT2D eigenvalue weighted by atomic mass is 9.98. The number of hydrogen-bond acceptors (Lipinski definition) is 2. The Labute approximate surface area is 102 Å². The molecule has 3 nitrogen and oxygen atoms in total. The van der Waals surface area contributed by atoms with Gasteiger partial charge in [-0.25, -0.2) is 4.79 Å². The molecule has 1 aromatic carbocycles. The molecule has 0 aliphatic carbocycles. The van der Waals surface area contributed by atoms with Crippen molar-refractivity contribution < 1.29 is 9.53 Å². The first-order chi connectivity index (χ1) is 7.86. The monoisotopic (exact) mass is 233 g/mol. The van der Waals surface area contributed by atoms with Crippen molar-refractivity contribution in [2.24, 2.45) is 0 Å². The molecule has 3 heteroatoms. The highest BCUT2D eigenvalue weighted by Gasteiger charge is 2.41. The molecule has 17 heavy (non-hydrogen) atoms. The van der Waals surface area contributed by atoms with Crippen LogP contribution in [0.4, 0.5) is 10.5 Å². The van der Waals surface area contributed by atoms with E-state index in [0.717, 1.165) is 17.7 Å². The third-order valence-corrected chi connectivity index (χ3v) is 3.33. The molecule has 1 aliphatic heterocycles. The number of aryl methyl sites for hydroxylation is 2. The van der Waals surface area contributed by atoms with Gasteiger partial charge in [0.25, 0.3) is 0 Å². The second-order valence-corrected chi connectivity index (χ2v) is 5.38. The Hall–Kier alpha value is -1.51. The maximum absolute atomic E-state index is 11.9. The van der Waals surface area contributed by atoms with Gasteiger partial charge in [-0.3, -0.25) is 4.90 Å². The van der Waals surface area contributed by atoms with Crippen LogP contribution in [0, 0.1) is 13.8 Å². The van der Waals surface area contributed by atoms with Gasteiger partial charge >= 0.3 is 6.09 Å². The summed E-state index contributed by atoms with van der Waals surface area (Å²) in [6.07, 6.45) is 0.598. The lowest BCUT2D eigenvalue weighted by Gasteiger charge is -2.31. The minimum Gasteiger partial charge on any atom is -0.452 e. The van der Waals surface area contributed by atoms with E-state index >= 15 is 0 Å². The normalized spacial score (nSPS) is 16.9. The zero-order valence-corrected chi connectivity index (χ0v) is 11.1. The summed E-state index contributed by atoms with van der Waals surface area (Å²) < 4.78 is 4.90. The summed E-state index contributed by atoms with van der Waals surface area (Å²) in [7, 11) is 1.43. The molecule has 2 rings (SSSR count). The van der Waals surface area contributed by atoms with Crippen molar-refractivity contribution in [3.05, 3.63) is 28.8 Å². The summed E-state index contributed by atoms with van der Waals surface area (Å²) in [4.78, 5) is 13.7. The fourth-order valence-corrected chi connectivity index (χ4v) is 2.78. The van der Waals surface area contributed by atoms with E-state index < -0.39 is 0 Å². The predicted octanol–water partition coefficient (Wildman–Crippen LogP) is 3.21. The van der Waals surface area contributed by atoms with Gasteiger partial charge in [-0.2, -0.15) is 0 Å². The minimum absolute atomic E-state index is 0.214. The van der Waals surface area contributed by atoms with Gasteiger partial charge in [-0.15, -0.1) is 0 Å². The molecular formula is C14H19NO2. The van der Waals surface area contributed by atoms with Crippen molar-refractivity contribution in [1.29, 1.82) is 0 Å². The van der Waals surface area contributed by atoms with Crippen molar-refractivity contribution >= 4 is 11.8 Å². The summed E-state index contributed by atoms with van der Waals surface area (Å²) >= 11 is 0. The molecule has 1 amide bonds. The molecule has 0 fully saturated rings.